The van der Waals surface area contributed by atoms with Crippen LogP contribution >= 0.6 is 0 Å². The predicted octanol–water partition coefficient (Wildman–Crippen LogP) is 13.5. The highest BCUT2D eigenvalue weighted by Crippen LogP contribution is 2.16. The van der Waals surface area contributed by atoms with Gasteiger partial charge in [-0.2, -0.15) is 0 Å². The predicted molar refractivity (Wildman–Crippen MR) is 214 cm³/mol. The number of allylic oxidation sites excluding steroid dienone is 8. The Morgan fingerprint density at radius 2 is 1.00 bits per heavy atom. The highest BCUT2D eigenvalue weighted by atomic mass is 15.0. The summed E-state index contributed by atoms with van der Waals surface area (Å²) in [5.74, 6) is 0. The molecule has 0 bridgehead atoms. The number of hydrogen-bond acceptors (Lipinski definition) is 3. The van der Waals surface area contributed by atoms with Gasteiger partial charge >= 0.3 is 0 Å². The van der Waals surface area contributed by atoms with Crippen molar-refractivity contribution in [1.29, 1.82) is 0 Å². The van der Waals surface area contributed by atoms with Crippen LogP contribution in [0.25, 0.3) is 0 Å². The Kier molecular flexibility index (Phi) is 34.4. The van der Waals surface area contributed by atoms with Gasteiger partial charge in [0.2, 0.25) is 0 Å². The molecule has 3 heteroatoms. The molecule has 0 saturated heterocycles. The molecule has 1 rings (SSSR count). The van der Waals surface area contributed by atoms with Crippen molar-refractivity contribution in [2.75, 3.05) is 13.1 Å². The van der Waals surface area contributed by atoms with E-state index < -0.39 is 0 Å². The molecule has 1 aliphatic rings. The first-order valence-corrected chi connectivity index (χ1v) is 20.9. The summed E-state index contributed by atoms with van der Waals surface area (Å²) in [6.45, 7) is 6.77. The Labute approximate surface area is 295 Å². The van der Waals surface area contributed by atoms with Gasteiger partial charge in [0.15, 0.2) is 0 Å². The molecule has 1 unspecified atom stereocenters. The van der Waals surface area contributed by atoms with Crippen LogP contribution in [0.1, 0.15) is 200 Å². The summed E-state index contributed by atoms with van der Waals surface area (Å²) in [7, 11) is 0. The molecule has 2 N–H and O–H groups in total. The van der Waals surface area contributed by atoms with Crippen LogP contribution in [-0.4, -0.2) is 31.5 Å². The molecule has 0 spiro atoms. The van der Waals surface area contributed by atoms with E-state index in [1.165, 1.54) is 180 Å². The highest BCUT2D eigenvalue weighted by Gasteiger charge is 2.10. The standard InChI is InChI=1S/C44H81N3/c1-3-5-7-9-11-13-15-17-19-21-23-25-27-29-31-33-37-43(46-40-36-35-39-44-41-45-42-47-44)38-34-32-30-28-26-24-22-20-18-16-14-12-10-8-6-4-2/h11-14,17-20,42-44,46H,3-10,15-16,21-41H2,1-2H3,(H,45,47)/b13-11-,14-12-,19-17-,20-18-. The largest absolute Gasteiger partial charge is 0.374 e. The second-order valence-corrected chi connectivity index (χ2v) is 14.2. The first-order chi connectivity index (χ1) is 23.4. The van der Waals surface area contributed by atoms with Gasteiger partial charge in [-0.15, -0.1) is 0 Å². The molecule has 0 aromatic heterocycles. The quantitative estimate of drug-likeness (QED) is 0.0522. The minimum absolute atomic E-state index is 0.516. The number of unbranched alkanes of at least 4 members (excludes halogenated alkanes) is 19. The van der Waals surface area contributed by atoms with E-state index >= 15 is 0 Å². The molecule has 0 aliphatic carbocycles. The summed E-state index contributed by atoms with van der Waals surface area (Å²) in [5.41, 5.74) is 0. The lowest BCUT2D eigenvalue weighted by Crippen LogP contribution is -2.30. The maximum Gasteiger partial charge on any atom is 0.0828 e. The minimum Gasteiger partial charge on any atom is -0.374 e. The minimum atomic E-state index is 0.516. The summed E-state index contributed by atoms with van der Waals surface area (Å²) in [4.78, 5) is 4.51. The van der Waals surface area contributed by atoms with Gasteiger partial charge < -0.3 is 10.6 Å². The Morgan fingerprint density at radius 3 is 1.45 bits per heavy atom. The Morgan fingerprint density at radius 1 is 0.553 bits per heavy atom. The average molecular weight is 652 g/mol. The van der Waals surface area contributed by atoms with Gasteiger partial charge in [-0.3, -0.25) is 4.99 Å². The van der Waals surface area contributed by atoms with Crippen molar-refractivity contribution < 1.29 is 0 Å². The summed E-state index contributed by atoms with van der Waals surface area (Å²) in [5, 5.41) is 7.21. The van der Waals surface area contributed by atoms with Gasteiger partial charge in [0, 0.05) is 12.6 Å². The Bertz CT molecular complexity index is 716. The smallest absolute Gasteiger partial charge is 0.0828 e. The lowest BCUT2D eigenvalue weighted by atomic mass is 9.99. The molecule has 0 aromatic carbocycles. The third-order valence-electron chi connectivity index (χ3n) is 9.63. The van der Waals surface area contributed by atoms with Crippen molar-refractivity contribution in [3.05, 3.63) is 48.6 Å². The maximum atomic E-state index is 4.51. The zero-order valence-electron chi connectivity index (χ0n) is 31.7. The molecule has 0 amide bonds. The van der Waals surface area contributed by atoms with E-state index in [4.69, 9.17) is 0 Å². The zero-order valence-corrected chi connectivity index (χ0v) is 31.7. The van der Waals surface area contributed by atoms with E-state index in [1.54, 1.807) is 0 Å². The summed E-state index contributed by atoms with van der Waals surface area (Å²) in [6, 6.07) is 1.24. The second-order valence-electron chi connectivity index (χ2n) is 14.2. The normalized spacial score (nSPS) is 15.2. The van der Waals surface area contributed by atoms with Crippen LogP contribution in [0.2, 0.25) is 0 Å². The van der Waals surface area contributed by atoms with Crippen LogP contribution in [0.5, 0.6) is 0 Å². The monoisotopic (exact) mass is 652 g/mol. The van der Waals surface area contributed by atoms with Crippen LogP contribution in [0.3, 0.4) is 0 Å². The van der Waals surface area contributed by atoms with E-state index in [1.807, 2.05) is 6.34 Å². The van der Waals surface area contributed by atoms with Crippen molar-refractivity contribution in [3.8, 4) is 0 Å². The highest BCUT2D eigenvalue weighted by molar-refractivity contribution is 5.56. The molecule has 3 nitrogen and oxygen atoms in total. The van der Waals surface area contributed by atoms with Gasteiger partial charge in [-0.1, -0.05) is 152 Å². The van der Waals surface area contributed by atoms with E-state index in [9.17, 15) is 0 Å². The molecule has 1 aliphatic heterocycles. The first kappa shape index (κ1) is 43.4. The fraction of sp³-hybridized carbons (Fsp3) is 0.795. The molecule has 272 valence electrons. The van der Waals surface area contributed by atoms with Gasteiger partial charge in [0.05, 0.1) is 12.4 Å². The van der Waals surface area contributed by atoms with Gasteiger partial charge in [-0.05, 0) is 103 Å². The fourth-order valence-corrected chi connectivity index (χ4v) is 6.49. The van der Waals surface area contributed by atoms with Crippen LogP contribution in [0.4, 0.5) is 0 Å². The lowest BCUT2D eigenvalue weighted by Gasteiger charge is -2.19. The van der Waals surface area contributed by atoms with E-state index in [2.05, 4.69) is 78.1 Å². The molecular weight excluding hydrogens is 571 g/mol. The van der Waals surface area contributed by atoms with Crippen molar-refractivity contribution >= 4 is 6.34 Å². The van der Waals surface area contributed by atoms with Crippen molar-refractivity contribution in [3.63, 3.8) is 0 Å². The number of nitrogens with zero attached hydrogens (tertiary/aromatic N) is 1. The zero-order chi connectivity index (χ0) is 33.6. The van der Waals surface area contributed by atoms with Crippen LogP contribution in [0.15, 0.2) is 53.6 Å². The molecule has 1 heterocycles. The van der Waals surface area contributed by atoms with Crippen molar-refractivity contribution in [2.45, 2.75) is 212 Å². The first-order valence-electron chi connectivity index (χ1n) is 20.9. The molecule has 47 heavy (non-hydrogen) atoms. The van der Waals surface area contributed by atoms with Crippen LogP contribution in [0, 0.1) is 0 Å². The van der Waals surface area contributed by atoms with Crippen molar-refractivity contribution in [2.24, 2.45) is 4.99 Å². The number of aliphatic imine (C=N–C) groups is 1. The second kappa shape index (κ2) is 37.2. The maximum absolute atomic E-state index is 4.51. The molecular formula is C44H81N3. The average Bonchev–Trinajstić information content (AvgIpc) is 3.61. The third-order valence-corrected chi connectivity index (χ3v) is 9.63. The van der Waals surface area contributed by atoms with Gasteiger partial charge in [0.25, 0.3) is 0 Å². The SMILES string of the molecule is CCCCC/C=C\C/C=C\CCCCCCCCC(CCCCCCCC/C=C\C/C=C\CCCCC)NCCCCC1CNC=N1. The fourth-order valence-electron chi connectivity index (χ4n) is 6.49. The van der Waals surface area contributed by atoms with Crippen LogP contribution in [-0.2, 0) is 0 Å². The Hall–Kier alpha value is -1.61. The molecule has 0 fully saturated rings. The summed E-state index contributed by atoms with van der Waals surface area (Å²) < 4.78 is 0. The molecule has 0 radical (unpaired) electrons. The number of hydrogen-bond donors (Lipinski definition) is 2. The lowest BCUT2D eigenvalue weighted by molar-refractivity contribution is 0.404. The van der Waals surface area contributed by atoms with Gasteiger partial charge in [0.1, 0.15) is 0 Å². The molecule has 1 atom stereocenters. The third kappa shape index (κ3) is 32.7. The van der Waals surface area contributed by atoms with Gasteiger partial charge in [-0.25, -0.2) is 0 Å². The Balaban J connectivity index is 2.08. The van der Waals surface area contributed by atoms with Crippen molar-refractivity contribution in [1.82, 2.24) is 10.6 Å². The topological polar surface area (TPSA) is 36.4 Å². The number of rotatable bonds is 36. The van der Waals surface area contributed by atoms with Crippen LogP contribution < -0.4 is 10.6 Å². The molecule has 0 saturated carbocycles. The summed E-state index contributed by atoms with van der Waals surface area (Å²) in [6.07, 6.45) is 59.4. The van der Waals surface area contributed by atoms with E-state index in [0.717, 1.165) is 25.4 Å². The summed E-state index contributed by atoms with van der Waals surface area (Å²) >= 11 is 0. The van der Waals surface area contributed by atoms with E-state index in [0.29, 0.717) is 6.04 Å². The molecule has 0 aromatic rings. The number of nitrogens with one attached hydrogen (secondary N) is 2. The van der Waals surface area contributed by atoms with E-state index in [-0.39, 0.29) is 0 Å².